The van der Waals surface area contributed by atoms with Gasteiger partial charge in [0.05, 0.1) is 26.4 Å². The number of aliphatic hydroxyl groups is 1. The minimum atomic E-state index is -4.97. The third-order valence-electron chi connectivity index (χ3n) is 21.3. The third-order valence-corrected chi connectivity index (χ3v) is 23.2. The molecule has 0 heterocycles. The molecule has 0 amide bonds. The first-order valence-corrected chi connectivity index (χ1v) is 49.6. The van der Waals surface area contributed by atoms with Crippen molar-refractivity contribution in [2.75, 3.05) is 39.6 Å². The Morgan fingerprint density at radius 1 is 0.248 bits per heavy atom. The minimum Gasteiger partial charge on any atom is -0.462 e. The molecule has 0 aromatic heterocycles. The number of hydrogen-bond acceptors (Lipinski definition) is 15. The Bertz CT molecular complexity index is 2070. The van der Waals surface area contributed by atoms with E-state index in [9.17, 15) is 43.2 Å². The molecule has 0 saturated carbocycles. The second kappa shape index (κ2) is 82.6. The molecule has 17 nitrogen and oxygen atoms in total. The number of rotatable bonds is 90. The van der Waals surface area contributed by atoms with Gasteiger partial charge in [-0.05, 0) is 31.6 Å². The smallest absolute Gasteiger partial charge is 0.462 e. The fraction of sp³-hybridized carbons (Fsp3) is 0.956. The first kappa shape index (κ1) is 107. The Kier molecular flexibility index (Phi) is 81.1. The summed E-state index contributed by atoms with van der Waals surface area (Å²) in [5.41, 5.74) is 0. The van der Waals surface area contributed by atoms with Crippen LogP contribution in [0.1, 0.15) is 490 Å². The van der Waals surface area contributed by atoms with E-state index in [1.165, 1.54) is 315 Å². The van der Waals surface area contributed by atoms with Crippen LogP contribution < -0.4 is 0 Å². The molecule has 0 spiro atoms. The molecule has 0 aromatic carbocycles. The van der Waals surface area contributed by atoms with Crippen molar-refractivity contribution in [3.8, 4) is 0 Å². The minimum absolute atomic E-state index is 0.108. The van der Waals surface area contributed by atoms with Crippen LogP contribution in [0.4, 0.5) is 0 Å². The van der Waals surface area contributed by atoms with Crippen LogP contribution in [0, 0.1) is 5.92 Å². The maximum Gasteiger partial charge on any atom is 0.472 e. The van der Waals surface area contributed by atoms with Gasteiger partial charge in [0.25, 0.3) is 0 Å². The van der Waals surface area contributed by atoms with Gasteiger partial charge in [-0.2, -0.15) is 0 Å². The number of carbonyl (C=O) groups excluding carboxylic acids is 4. The summed E-state index contributed by atoms with van der Waals surface area (Å²) in [7, 11) is -9.93. The molecule has 0 rings (SSSR count). The van der Waals surface area contributed by atoms with Crippen LogP contribution in [0.3, 0.4) is 0 Å². The van der Waals surface area contributed by atoms with Gasteiger partial charge in [-0.3, -0.25) is 37.3 Å². The highest BCUT2D eigenvalue weighted by Crippen LogP contribution is 2.45. The largest absolute Gasteiger partial charge is 0.472 e. The molecule has 0 aliphatic carbocycles. The summed E-state index contributed by atoms with van der Waals surface area (Å²) in [5.74, 6) is -1.31. The van der Waals surface area contributed by atoms with E-state index in [1.807, 2.05) is 0 Å². The van der Waals surface area contributed by atoms with Crippen LogP contribution in [-0.4, -0.2) is 96.7 Å². The fourth-order valence-corrected chi connectivity index (χ4v) is 15.8. The first-order chi connectivity index (χ1) is 53.0. The lowest BCUT2D eigenvalue weighted by Gasteiger charge is -2.21. The molecule has 3 N–H and O–H groups in total. The van der Waals surface area contributed by atoms with Gasteiger partial charge in [-0.25, -0.2) is 9.13 Å². The molecule has 0 aliphatic heterocycles. The van der Waals surface area contributed by atoms with Crippen molar-refractivity contribution in [2.24, 2.45) is 5.92 Å². The van der Waals surface area contributed by atoms with E-state index in [-0.39, 0.29) is 25.7 Å². The molecule has 2 unspecified atom stereocenters. The van der Waals surface area contributed by atoms with Crippen molar-refractivity contribution < 1.29 is 80.2 Å². The van der Waals surface area contributed by atoms with Crippen molar-refractivity contribution in [1.29, 1.82) is 0 Å². The topological polar surface area (TPSA) is 237 Å². The maximum absolute atomic E-state index is 13.2. The van der Waals surface area contributed by atoms with Crippen molar-refractivity contribution in [3.63, 3.8) is 0 Å². The molecule has 19 heteroatoms. The molecule has 648 valence electrons. The van der Waals surface area contributed by atoms with Gasteiger partial charge in [-0.15, -0.1) is 0 Å². The molecule has 0 radical (unpaired) electrons. The summed E-state index contributed by atoms with van der Waals surface area (Å²) in [6.07, 6.45) is 77.9. The SMILES string of the molecule is CCCCCCCCCCCCCCCCCCCCCCCC(=O)OC[C@H](COP(=O)(O)OC[C@@H](O)COP(=O)(O)OC[C@@H](COC(=O)CCCCCCCCCCCCC)OC(=O)CCCCCCCCCCCCCCCC(C)C)OC(=O)CCCCCCCCCCCCCCCCCCCCCCC. The third kappa shape index (κ3) is 83.8. The Morgan fingerprint density at radius 3 is 0.624 bits per heavy atom. The van der Waals surface area contributed by atoms with Gasteiger partial charge >= 0.3 is 39.5 Å². The molecular weight excluding hydrogens is 1410 g/mol. The summed E-state index contributed by atoms with van der Waals surface area (Å²) >= 11 is 0. The molecule has 5 atom stereocenters. The zero-order chi connectivity index (χ0) is 79.7. The van der Waals surface area contributed by atoms with E-state index in [2.05, 4.69) is 34.6 Å². The fourth-order valence-electron chi connectivity index (χ4n) is 14.2. The van der Waals surface area contributed by atoms with Crippen molar-refractivity contribution in [1.82, 2.24) is 0 Å². The predicted octanol–water partition coefficient (Wildman–Crippen LogP) is 27.9. The second-order valence-electron chi connectivity index (χ2n) is 32.8. The van der Waals surface area contributed by atoms with Gasteiger partial charge in [0, 0.05) is 25.7 Å². The van der Waals surface area contributed by atoms with E-state index in [0.29, 0.717) is 25.7 Å². The van der Waals surface area contributed by atoms with Crippen LogP contribution in [0.25, 0.3) is 0 Å². The summed E-state index contributed by atoms with van der Waals surface area (Å²) < 4.78 is 69.0. The summed E-state index contributed by atoms with van der Waals surface area (Å²) in [6, 6.07) is 0. The molecular formula is C90H176O17P2. The van der Waals surface area contributed by atoms with E-state index in [4.69, 9.17) is 37.0 Å². The van der Waals surface area contributed by atoms with E-state index >= 15 is 0 Å². The molecule has 0 fully saturated rings. The highest BCUT2D eigenvalue weighted by molar-refractivity contribution is 7.47. The lowest BCUT2D eigenvalue weighted by atomic mass is 10.0. The van der Waals surface area contributed by atoms with E-state index in [1.54, 1.807) is 0 Å². The highest BCUT2D eigenvalue weighted by atomic mass is 31.2. The van der Waals surface area contributed by atoms with Crippen molar-refractivity contribution in [2.45, 2.75) is 509 Å². The average molecular weight is 1590 g/mol. The molecule has 0 bridgehead atoms. The van der Waals surface area contributed by atoms with Gasteiger partial charge in [-0.1, -0.05) is 439 Å². The predicted molar refractivity (Wildman–Crippen MR) is 451 cm³/mol. The van der Waals surface area contributed by atoms with Crippen LogP contribution in [0.2, 0.25) is 0 Å². The Balaban J connectivity index is 5.22. The lowest BCUT2D eigenvalue weighted by Crippen LogP contribution is -2.30. The van der Waals surface area contributed by atoms with Crippen LogP contribution >= 0.6 is 15.6 Å². The molecule has 0 aliphatic rings. The number of aliphatic hydroxyl groups excluding tert-OH is 1. The lowest BCUT2D eigenvalue weighted by molar-refractivity contribution is -0.161. The number of phosphoric acid groups is 2. The zero-order valence-corrected chi connectivity index (χ0v) is 73.5. The van der Waals surface area contributed by atoms with Gasteiger partial charge in [0.15, 0.2) is 12.2 Å². The van der Waals surface area contributed by atoms with E-state index in [0.717, 1.165) is 95.8 Å². The maximum atomic E-state index is 13.2. The summed E-state index contributed by atoms with van der Waals surface area (Å²) in [4.78, 5) is 73.4. The number of ether oxygens (including phenoxy) is 4. The Morgan fingerprint density at radius 2 is 0.422 bits per heavy atom. The Labute approximate surface area is 670 Å². The van der Waals surface area contributed by atoms with Crippen LogP contribution in [0.15, 0.2) is 0 Å². The Hall–Kier alpha value is -1.94. The molecule has 109 heavy (non-hydrogen) atoms. The number of carbonyl (C=O) groups is 4. The summed E-state index contributed by atoms with van der Waals surface area (Å²) in [5, 5.41) is 10.7. The number of esters is 4. The van der Waals surface area contributed by atoms with Crippen LogP contribution in [-0.2, 0) is 65.4 Å². The first-order valence-electron chi connectivity index (χ1n) is 46.6. The zero-order valence-electron chi connectivity index (χ0n) is 71.7. The van der Waals surface area contributed by atoms with Crippen LogP contribution in [0.5, 0.6) is 0 Å². The average Bonchev–Trinajstić information content (AvgIpc) is 0.900. The van der Waals surface area contributed by atoms with Gasteiger partial charge < -0.3 is 33.8 Å². The quantitative estimate of drug-likeness (QED) is 0.0222. The van der Waals surface area contributed by atoms with Crippen molar-refractivity contribution in [3.05, 3.63) is 0 Å². The number of unbranched alkanes of at least 4 members (excludes halogenated alkanes) is 62. The summed E-state index contributed by atoms with van der Waals surface area (Å²) in [6.45, 7) is 7.40. The number of hydrogen-bond donors (Lipinski definition) is 3. The monoisotopic (exact) mass is 1590 g/mol. The highest BCUT2D eigenvalue weighted by Gasteiger charge is 2.31. The molecule has 0 saturated heterocycles. The van der Waals surface area contributed by atoms with E-state index < -0.39 is 97.5 Å². The standard InChI is InChI=1S/C90H176O17P2/c1-6-9-12-15-18-21-24-26-28-30-32-34-36-38-40-44-49-54-59-64-69-74-88(93)101-80-86(107-89(94)75-70-65-60-55-50-45-41-39-37-35-33-31-29-27-25-22-19-16-13-10-7-2)82-105-109(98,99)103-78-84(91)77-102-108(96,97)104-81-85(79-100-87(92)73-68-63-58-53-47-23-20-17-14-11-8-3)106-90(95)76-71-66-61-56-51-46-42-43-48-52-57-62-67-72-83(4)5/h83-86,91H,6-82H2,1-5H3,(H,96,97)(H,98,99)/t84-,85+,86+/m0/s1. The molecule has 0 aromatic rings. The number of phosphoric ester groups is 2. The normalized spacial score (nSPS) is 13.7. The van der Waals surface area contributed by atoms with Gasteiger partial charge in [0.1, 0.15) is 19.3 Å². The van der Waals surface area contributed by atoms with Crippen molar-refractivity contribution >= 4 is 39.5 Å². The second-order valence-corrected chi connectivity index (χ2v) is 35.7. The van der Waals surface area contributed by atoms with Gasteiger partial charge in [0.2, 0.25) is 0 Å².